The standard InChI is InChI=1S/C50H90N2O2/c1-33-11-19-37(20-12-33)51(39-23-15-35(16-24-39)49(3,4)5)47-43-29-27-42(54-10)32-46(43)48(44-30-28-41(53-9)31-45(44)47)52(38-21-13-34(2)14-22-38)40-25-17-36(18-26-40)50(6,7)8/h33-48H,11-32H2,1-10H3. The Morgan fingerprint density at radius 3 is 0.944 bits per heavy atom. The molecular weight excluding hydrogens is 661 g/mol. The minimum absolute atomic E-state index is 0.435. The van der Waals surface area contributed by atoms with Crippen molar-refractivity contribution in [1.82, 2.24) is 9.80 Å². The molecule has 0 saturated heterocycles. The highest BCUT2D eigenvalue weighted by Crippen LogP contribution is 2.58. The van der Waals surface area contributed by atoms with Gasteiger partial charge in [0.1, 0.15) is 0 Å². The number of fused-ring (bicyclic) bond motifs is 2. The summed E-state index contributed by atoms with van der Waals surface area (Å²) in [5.41, 5.74) is 0.870. The van der Waals surface area contributed by atoms with Gasteiger partial charge in [0, 0.05) is 50.5 Å². The Labute approximate surface area is 335 Å². The third kappa shape index (κ3) is 9.03. The largest absolute Gasteiger partial charge is 0.381 e. The zero-order valence-corrected chi connectivity index (χ0v) is 37.5. The molecule has 0 aromatic heterocycles. The van der Waals surface area contributed by atoms with Crippen LogP contribution in [0.2, 0.25) is 0 Å². The van der Waals surface area contributed by atoms with Crippen molar-refractivity contribution in [2.45, 2.75) is 245 Å². The first-order chi connectivity index (χ1) is 25.8. The molecule has 7 aliphatic carbocycles. The molecule has 0 bridgehead atoms. The predicted octanol–water partition coefficient (Wildman–Crippen LogP) is 12.6. The first-order valence-electron chi connectivity index (χ1n) is 24.4. The second kappa shape index (κ2) is 17.6. The van der Waals surface area contributed by atoms with Crippen LogP contribution in [0.1, 0.15) is 197 Å². The lowest BCUT2D eigenvalue weighted by Crippen LogP contribution is -2.70. The van der Waals surface area contributed by atoms with E-state index in [9.17, 15) is 0 Å². The molecule has 7 rings (SSSR count). The molecule has 8 atom stereocenters. The van der Waals surface area contributed by atoms with Crippen molar-refractivity contribution in [1.29, 1.82) is 0 Å². The number of nitrogens with zero attached hydrogens (tertiary/aromatic N) is 2. The van der Waals surface area contributed by atoms with Crippen LogP contribution in [-0.4, -0.2) is 72.5 Å². The molecule has 0 spiro atoms. The van der Waals surface area contributed by atoms with E-state index in [0.29, 0.717) is 23.0 Å². The molecule has 312 valence electrons. The van der Waals surface area contributed by atoms with Crippen LogP contribution < -0.4 is 0 Å². The second-order valence-electron chi connectivity index (χ2n) is 23.4. The van der Waals surface area contributed by atoms with Gasteiger partial charge >= 0.3 is 0 Å². The normalized spacial score (nSPS) is 45.6. The first-order valence-corrected chi connectivity index (χ1v) is 24.4. The molecule has 7 saturated carbocycles. The van der Waals surface area contributed by atoms with E-state index in [1.54, 1.807) is 0 Å². The van der Waals surface area contributed by atoms with E-state index in [-0.39, 0.29) is 0 Å². The van der Waals surface area contributed by atoms with E-state index in [0.717, 1.165) is 83.6 Å². The summed E-state index contributed by atoms with van der Waals surface area (Å²) in [5.74, 6) is 6.70. The molecule has 0 aromatic carbocycles. The maximum Gasteiger partial charge on any atom is 0.0574 e. The molecule has 4 heteroatoms. The molecule has 8 unspecified atom stereocenters. The zero-order valence-electron chi connectivity index (χ0n) is 37.5. The van der Waals surface area contributed by atoms with Crippen LogP contribution >= 0.6 is 0 Å². The van der Waals surface area contributed by atoms with Gasteiger partial charge in [-0.2, -0.15) is 0 Å². The molecule has 0 N–H and O–H groups in total. The molecule has 0 aromatic rings. The minimum atomic E-state index is 0.435. The van der Waals surface area contributed by atoms with Gasteiger partial charge in [-0.3, -0.25) is 9.80 Å². The highest BCUT2D eigenvalue weighted by molar-refractivity contribution is 5.12. The summed E-state index contributed by atoms with van der Waals surface area (Å²) in [6.45, 7) is 20.2. The summed E-state index contributed by atoms with van der Waals surface area (Å²) in [5, 5.41) is 0. The van der Waals surface area contributed by atoms with Crippen LogP contribution in [0.15, 0.2) is 0 Å². The fraction of sp³-hybridized carbons (Fsp3) is 1.00. The average Bonchev–Trinajstić information content (AvgIpc) is 3.16. The Bertz CT molecular complexity index is 1050. The van der Waals surface area contributed by atoms with E-state index < -0.39 is 0 Å². The third-order valence-corrected chi connectivity index (χ3v) is 18.4. The summed E-state index contributed by atoms with van der Waals surface area (Å²) in [7, 11) is 4.09. The van der Waals surface area contributed by atoms with E-state index in [1.807, 2.05) is 14.2 Å². The number of hydrogen-bond donors (Lipinski definition) is 0. The van der Waals surface area contributed by atoms with Gasteiger partial charge in [0.05, 0.1) is 12.2 Å². The van der Waals surface area contributed by atoms with Gasteiger partial charge in [-0.15, -0.1) is 0 Å². The quantitative estimate of drug-likeness (QED) is 0.247. The third-order valence-electron chi connectivity index (χ3n) is 18.4. The van der Waals surface area contributed by atoms with Gasteiger partial charge in [0.2, 0.25) is 0 Å². The average molecular weight is 751 g/mol. The molecule has 7 aliphatic rings. The molecule has 0 aliphatic heterocycles. The lowest BCUT2D eigenvalue weighted by Gasteiger charge is -2.65. The summed E-state index contributed by atoms with van der Waals surface area (Å²) in [6, 6.07) is 4.57. The summed E-state index contributed by atoms with van der Waals surface area (Å²) in [4.78, 5) is 6.78. The van der Waals surface area contributed by atoms with Gasteiger partial charge in [-0.05, 0) is 199 Å². The topological polar surface area (TPSA) is 24.9 Å². The van der Waals surface area contributed by atoms with E-state index in [2.05, 4.69) is 65.2 Å². The smallest absolute Gasteiger partial charge is 0.0574 e. The van der Waals surface area contributed by atoms with Crippen LogP contribution in [0.4, 0.5) is 0 Å². The van der Waals surface area contributed by atoms with Crippen molar-refractivity contribution in [3.8, 4) is 0 Å². The van der Waals surface area contributed by atoms with Crippen LogP contribution in [0.25, 0.3) is 0 Å². The predicted molar refractivity (Wildman–Crippen MR) is 228 cm³/mol. The lowest BCUT2D eigenvalue weighted by atomic mass is 9.52. The molecular formula is C50H90N2O2. The van der Waals surface area contributed by atoms with Gasteiger partial charge in [-0.25, -0.2) is 0 Å². The number of methoxy groups -OCH3 is 2. The van der Waals surface area contributed by atoms with Crippen LogP contribution in [0.5, 0.6) is 0 Å². The molecule has 0 amide bonds. The number of hydrogen-bond acceptors (Lipinski definition) is 4. The first kappa shape index (κ1) is 42.0. The molecule has 0 heterocycles. The van der Waals surface area contributed by atoms with Crippen molar-refractivity contribution in [2.75, 3.05) is 14.2 Å². The minimum Gasteiger partial charge on any atom is -0.381 e. The Kier molecular flexibility index (Phi) is 13.7. The Morgan fingerprint density at radius 1 is 0.370 bits per heavy atom. The second-order valence-corrected chi connectivity index (χ2v) is 23.4. The van der Waals surface area contributed by atoms with E-state index >= 15 is 0 Å². The van der Waals surface area contributed by atoms with Gasteiger partial charge < -0.3 is 9.47 Å². The fourth-order valence-corrected chi connectivity index (χ4v) is 15.1. The van der Waals surface area contributed by atoms with Gasteiger partial charge in [0.15, 0.2) is 0 Å². The highest BCUT2D eigenvalue weighted by Gasteiger charge is 2.59. The Balaban J connectivity index is 1.28. The fourth-order valence-electron chi connectivity index (χ4n) is 15.1. The van der Waals surface area contributed by atoms with Crippen LogP contribution in [0.3, 0.4) is 0 Å². The van der Waals surface area contributed by atoms with E-state index in [1.165, 1.54) is 141 Å². The number of rotatable bonds is 8. The van der Waals surface area contributed by atoms with Crippen molar-refractivity contribution < 1.29 is 9.47 Å². The Hall–Kier alpha value is -0.160. The van der Waals surface area contributed by atoms with Gasteiger partial charge in [-0.1, -0.05) is 55.4 Å². The summed E-state index contributed by atoms with van der Waals surface area (Å²) in [6.07, 6.45) is 31.8. The van der Waals surface area contributed by atoms with Crippen molar-refractivity contribution in [2.24, 2.45) is 58.2 Å². The summed E-state index contributed by atoms with van der Waals surface area (Å²) >= 11 is 0. The maximum atomic E-state index is 6.43. The zero-order chi connectivity index (χ0) is 38.4. The monoisotopic (exact) mass is 751 g/mol. The molecule has 7 fully saturated rings. The summed E-state index contributed by atoms with van der Waals surface area (Å²) < 4.78 is 12.9. The van der Waals surface area contributed by atoms with Crippen molar-refractivity contribution in [3.05, 3.63) is 0 Å². The Morgan fingerprint density at radius 2 is 0.667 bits per heavy atom. The molecule has 4 nitrogen and oxygen atoms in total. The van der Waals surface area contributed by atoms with Crippen LogP contribution in [-0.2, 0) is 9.47 Å². The maximum absolute atomic E-state index is 6.43. The van der Waals surface area contributed by atoms with Crippen LogP contribution in [0, 0.1) is 58.2 Å². The lowest BCUT2D eigenvalue weighted by molar-refractivity contribution is -0.172. The molecule has 54 heavy (non-hydrogen) atoms. The number of ether oxygens (including phenoxy) is 2. The highest BCUT2D eigenvalue weighted by atomic mass is 16.5. The van der Waals surface area contributed by atoms with E-state index in [4.69, 9.17) is 9.47 Å². The van der Waals surface area contributed by atoms with Crippen molar-refractivity contribution in [3.63, 3.8) is 0 Å². The SMILES string of the molecule is COC1CCC2C(C1)C(N(C1CCC(C)CC1)C1CCC(C(C)(C)C)CC1)C1CCC(OC)CC1C2N(C1CCC(C)CC1)C1CCC(C(C)(C)C)CC1. The van der Waals surface area contributed by atoms with Gasteiger partial charge in [0.25, 0.3) is 0 Å². The molecule has 0 radical (unpaired) electrons. The van der Waals surface area contributed by atoms with Crippen molar-refractivity contribution >= 4 is 0 Å².